The molecule has 1 aliphatic carbocycles. The van der Waals surface area contributed by atoms with E-state index in [-0.39, 0.29) is 5.91 Å². The highest BCUT2D eigenvalue weighted by atomic mass is 16.2. The second-order valence-corrected chi connectivity index (χ2v) is 6.11. The largest absolute Gasteiger partial charge is 0.399 e. The summed E-state index contributed by atoms with van der Waals surface area (Å²) in [5.74, 6) is 1.07. The molecule has 0 atom stereocenters. The number of amides is 1. The van der Waals surface area contributed by atoms with Crippen LogP contribution in [0.25, 0.3) is 0 Å². The smallest absolute Gasteiger partial charge is 0.254 e. The maximum Gasteiger partial charge on any atom is 0.254 e. The van der Waals surface area contributed by atoms with Gasteiger partial charge in [0.05, 0.1) is 0 Å². The fourth-order valence-electron chi connectivity index (χ4n) is 2.90. The van der Waals surface area contributed by atoms with Crippen molar-refractivity contribution in [2.24, 2.45) is 5.92 Å². The van der Waals surface area contributed by atoms with Crippen LogP contribution in [0.2, 0.25) is 0 Å². The van der Waals surface area contributed by atoms with Gasteiger partial charge >= 0.3 is 0 Å². The zero-order valence-electron chi connectivity index (χ0n) is 12.1. The molecule has 20 heavy (non-hydrogen) atoms. The molecular weight excluding hydrogens is 250 g/mol. The summed E-state index contributed by atoms with van der Waals surface area (Å²) in [6.45, 7) is 6.88. The molecular formula is C16H23N3O. The van der Waals surface area contributed by atoms with Crippen LogP contribution in [-0.4, -0.2) is 48.4 Å². The van der Waals surface area contributed by atoms with Crippen LogP contribution >= 0.6 is 0 Å². The molecule has 4 heteroatoms. The van der Waals surface area contributed by atoms with Crippen LogP contribution in [0.5, 0.6) is 0 Å². The minimum Gasteiger partial charge on any atom is -0.399 e. The minimum absolute atomic E-state index is 0.147. The summed E-state index contributed by atoms with van der Waals surface area (Å²) in [7, 11) is 0. The zero-order chi connectivity index (χ0) is 14.1. The molecule has 1 heterocycles. The van der Waals surface area contributed by atoms with Crippen LogP contribution < -0.4 is 5.73 Å². The van der Waals surface area contributed by atoms with Gasteiger partial charge in [-0.2, -0.15) is 0 Å². The highest BCUT2D eigenvalue weighted by Gasteiger charge is 2.28. The molecule has 0 bridgehead atoms. The Bertz CT molecular complexity index is 502. The van der Waals surface area contributed by atoms with Crippen molar-refractivity contribution < 1.29 is 4.79 Å². The van der Waals surface area contributed by atoms with Gasteiger partial charge in [-0.3, -0.25) is 9.69 Å². The van der Waals surface area contributed by atoms with E-state index >= 15 is 0 Å². The molecule has 1 aliphatic heterocycles. The summed E-state index contributed by atoms with van der Waals surface area (Å²) >= 11 is 0. The van der Waals surface area contributed by atoms with Crippen molar-refractivity contribution in [3.05, 3.63) is 29.3 Å². The molecule has 2 aliphatic rings. The van der Waals surface area contributed by atoms with Gasteiger partial charge < -0.3 is 10.6 Å². The van der Waals surface area contributed by atoms with Gasteiger partial charge in [-0.25, -0.2) is 0 Å². The minimum atomic E-state index is 0.147. The normalized spacial score (nSPS) is 20.1. The van der Waals surface area contributed by atoms with Gasteiger partial charge in [0.15, 0.2) is 0 Å². The summed E-state index contributed by atoms with van der Waals surface area (Å²) in [6, 6.07) is 5.53. The molecule has 1 aromatic carbocycles. The van der Waals surface area contributed by atoms with E-state index in [0.717, 1.165) is 43.2 Å². The first kappa shape index (κ1) is 13.4. The Morgan fingerprint density at radius 1 is 1.25 bits per heavy atom. The monoisotopic (exact) mass is 273 g/mol. The Morgan fingerprint density at radius 3 is 2.55 bits per heavy atom. The third-order valence-electron chi connectivity index (χ3n) is 4.35. The number of nitrogens with zero attached hydrogens (tertiary/aromatic N) is 2. The van der Waals surface area contributed by atoms with Crippen molar-refractivity contribution in [2.75, 3.05) is 38.5 Å². The average molecular weight is 273 g/mol. The predicted molar refractivity (Wildman–Crippen MR) is 80.7 cm³/mol. The first-order valence-corrected chi connectivity index (χ1v) is 7.51. The number of anilines is 1. The highest BCUT2D eigenvalue weighted by molar-refractivity contribution is 5.96. The van der Waals surface area contributed by atoms with Gasteiger partial charge in [0.2, 0.25) is 0 Å². The van der Waals surface area contributed by atoms with E-state index in [4.69, 9.17) is 5.73 Å². The Hall–Kier alpha value is -1.55. The molecule has 2 N–H and O–H groups in total. The molecule has 1 aromatic rings. The number of rotatable bonds is 3. The SMILES string of the molecule is Cc1cc(N)ccc1C(=O)N1CCN(CC2CC2)CC1. The first-order valence-electron chi connectivity index (χ1n) is 7.51. The number of nitrogen functional groups attached to an aromatic ring is 1. The second-order valence-electron chi connectivity index (χ2n) is 6.11. The van der Waals surface area contributed by atoms with Crippen molar-refractivity contribution in [1.82, 2.24) is 9.80 Å². The summed E-state index contributed by atoms with van der Waals surface area (Å²) in [4.78, 5) is 17.0. The third kappa shape index (κ3) is 2.96. The maximum atomic E-state index is 12.5. The molecule has 0 radical (unpaired) electrons. The standard InChI is InChI=1S/C16H23N3O/c1-12-10-14(17)4-5-15(12)16(20)19-8-6-18(7-9-19)11-13-2-3-13/h4-5,10,13H,2-3,6-9,11,17H2,1H3. The van der Waals surface area contributed by atoms with E-state index < -0.39 is 0 Å². The number of carbonyl (C=O) groups excluding carboxylic acids is 1. The summed E-state index contributed by atoms with van der Waals surface area (Å²) in [5, 5.41) is 0. The van der Waals surface area contributed by atoms with E-state index in [0.29, 0.717) is 5.69 Å². The number of hydrogen-bond acceptors (Lipinski definition) is 3. The van der Waals surface area contributed by atoms with Crippen LogP contribution in [0.1, 0.15) is 28.8 Å². The predicted octanol–water partition coefficient (Wildman–Crippen LogP) is 1.75. The lowest BCUT2D eigenvalue weighted by Gasteiger charge is -2.35. The van der Waals surface area contributed by atoms with E-state index in [1.165, 1.54) is 19.4 Å². The molecule has 1 amide bonds. The van der Waals surface area contributed by atoms with Crippen LogP contribution in [0, 0.1) is 12.8 Å². The van der Waals surface area contributed by atoms with E-state index in [9.17, 15) is 4.79 Å². The topological polar surface area (TPSA) is 49.6 Å². The fraction of sp³-hybridized carbons (Fsp3) is 0.562. The second kappa shape index (κ2) is 5.44. The third-order valence-corrected chi connectivity index (χ3v) is 4.35. The van der Waals surface area contributed by atoms with Crippen LogP contribution in [0.3, 0.4) is 0 Å². The molecule has 2 fully saturated rings. The number of nitrogens with two attached hydrogens (primary N) is 1. The number of carbonyl (C=O) groups is 1. The quantitative estimate of drug-likeness (QED) is 0.854. The van der Waals surface area contributed by atoms with Gasteiger partial charge in [0.1, 0.15) is 0 Å². The van der Waals surface area contributed by atoms with Crippen LogP contribution in [0.15, 0.2) is 18.2 Å². The van der Waals surface area contributed by atoms with Crippen molar-refractivity contribution >= 4 is 11.6 Å². The highest BCUT2D eigenvalue weighted by Crippen LogP contribution is 2.30. The Labute approximate surface area is 120 Å². The zero-order valence-corrected chi connectivity index (χ0v) is 12.1. The molecule has 0 unspecified atom stereocenters. The maximum absolute atomic E-state index is 12.5. The van der Waals surface area contributed by atoms with Gasteiger partial charge in [-0.1, -0.05) is 0 Å². The molecule has 0 aromatic heterocycles. The summed E-state index contributed by atoms with van der Waals surface area (Å²) in [5.41, 5.74) is 8.22. The van der Waals surface area contributed by atoms with E-state index in [1.807, 2.05) is 30.0 Å². The molecule has 108 valence electrons. The number of piperazine rings is 1. The van der Waals surface area contributed by atoms with Crippen molar-refractivity contribution in [3.8, 4) is 0 Å². The first-order chi connectivity index (χ1) is 9.63. The van der Waals surface area contributed by atoms with Gasteiger partial charge in [-0.15, -0.1) is 0 Å². The Kier molecular flexibility index (Phi) is 3.66. The number of benzene rings is 1. The summed E-state index contributed by atoms with van der Waals surface area (Å²) in [6.07, 6.45) is 2.79. The molecule has 1 saturated carbocycles. The van der Waals surface area contributed by atoms with Gasteiger partial charge in [0, 0.05) is 44.0 Å². The van der Waals surface area contributed by atoms with Crippen LogP contribution in [0.4, 0.5) is 5.69 Å². The molecule has 4 nitrogen and oxygen atoms in total. The lowest BCUT2D eigenvalue weighted by atomic mass is 10.1. The van der Waals surface area contributed by atoms with Gasteiger partial charge in [0.25, 0.3) is 5.91 Å². The Morgan fingerprint density at radius 2 is 1.95 bits per heavy atom. The van der Waals surface area contributed by atoms with Crippen molar-refractivity contribution in [3.63, 3.8) is 0 Å². The number of aryl methyl sites for hydroxylation is 1. The summed E-state index contributed by atoms with van der Waals surface area (Å²) < 4.78 is 0. The van der Waals surface area contributed by atoms with E-state index in [2.05, 4.69) is 4.90 Å². The lowest BCUT2D eigenvalue weighted by molar-refractivity contribution is 0.0631. The van der Waals surface area contributed by atoms with Crippen molar-refractivity contribution in [2.45, 2.75) is 19.8 Å². The molecule has 0 spiro atoms. The molecule has 1 saturated heterocycles. The lowest BCUT2D eigenvalue weighted by Crippen LogP contribution is -2.49. The fourth-order valence-corrected chi connectivity index (χ4v) is 2.90. The Balaban J connectivity index is 1.60. The van der Waals surface area contributed by atoms with E-state index in [1.54, 1.807) is 0 Å². The van der Waals surface area contributed by atoms with Crippen LogP contribution in [-0.2, 0) is 0 Å². The molecule has 3 rings (SSSR count). The number of hydrogen-bond donors (Lipinski definition) is 1. The average Bonchev–Trinajstić information content (AvgIpc) is 3.23. The van der Waals surface area contributed by atoms with Gasteiger partial charge in [-0.05, 0) is 49.4 Å². The van der Waals surface area contributed by atoms with Crippen molar-refractivity contribution in [1.29, 1.82) is 0 Å².